The summed E-state index contributed by atoms with van der Waals surface area (Å²) >= 11 is 12.6. The number of ether oxygens (including phenoxy) is 3. The number of carbonyl (C=O) groups excluding carboxylic acids is 2. The fourth-order valence-corrected chi connectivity index (χ4v) is 6.58. The van der Waals surface area contributed by atoms with Gasteiger partial charge in [0.1, 0.15) is 11.2 Å². The number of hydrogen-bond donors (Lipinski definition) is 3. The molecule has 2 heterocycles. The molecule has 2 amide bonds. The van der Waals surface area contributed by atoms with Crippen molar-refractivity contribution in [3.8, 4) is 11.1 Å². The van der Waals surface area contributed by atoms with Crippen molar-refractivity contribution in [2.45, 2.75) is 57.6 Å². The minimum absolute atomic E-state index is 0.0383. The van der Waals surface area contributed by atoms with Gasteiger partial charge in [-0.15, -0.1) is 0 Å². The Morgan fingerprint density at radius 3 is 2.27 bits per heavy atom. The molecule has 0 radical (unpaired) electrons. The molecule has 1 saturated heterocycles. The predicted octanol–water partition coefficient (Wildman–Crippen LogP) is 7.42. The molecule has 0 saturated carbocycles. The van der Waals surface area contributed by atoms with E-state index in [1.54, 1.807) is 10.9 Å². The summed E-state index contributed by atoms with van der Waals surface area (Å²) in [5.41, 5.74) is 6.38. The molecule has 0 bridgehead atoms. The van der Waals surface area contributed by atoms with E-state index in [0.29, 0.717) is 18.1 Å². The van der Waals surface area contributed by atoms with Crippen molar-refractivity contribution in [3.05, 3.63) is 148 Å². The van der Waals surface area contributed by atoms with Gasteiger partial charge in [-0.1, -0.05) is 127 Å². The average molecular weight is 744 g/mol. The number of amides is 2. The van der Waals surface area contributed by atoms with E-state index in [1.807, 2.05) is 103 Å². The molecule has 52 heavy (non-hydrogen) atoms. The molecule has 5 aromatic rings. The fourth-order valence-electron chi connectivity index (χ4n) is 6.26. The highest BCUT2D eigenvalue weighted by atomic mass is 35.5. The van der Waals surface area contributed by atoms with Crippen molar-refractivity contribution >= 4 is 35.2 Å². The van der Waals surface area contributed by atoms with Gasteiger partial charge >= 0.3 is 12.0 Å². The number of benzene rings is 4. The summed E-state index contributed by atoms with van der Waals surface area (Å²) in [5, 5.41) is 15.7. The van der Waals surface area contributed by atoms with Gasteiger partial charge in [-0.25, -0.2) is 14.6 Å². The maximum Gasteiger partial charge on any atom is 0.328 e. The maximum absolute atomic E-state index is 12.8. The topological polar surface area (TPSA) is 124 Å². The quantitative estimate of drug-likeness (QED) is 0.114. The normalized spacial score (nSPS) is 19.1. The second-order valence-corrected chi connectivity index (χ2v) is 13.4. The number of imidazole rings is 1. The van der Waals surface area contributed by atoms with E-state index in [1.165, 1.54) is 7.11 Å². The van der Waals surface area contributed by atoms with E-state index in [-0.39, 0.29) is 36.4 Å². The molecule has 6 rings (SSSR count). The van der Waals surface area contributed by atoms with Gasteiger partial charge in [0.2, 0.25) is 0 Å². The van der Waals surface area contributed by atoms with Crippen LogP contribution in [-0.4, -0.2) is 45.9 Å². The van der Waals surface area contributed by atoms with E-state index in [9.17, 15) is 14.7 Å². The number of rotatable bonds is 12. The number of nitrogens with one attached hydrogen (secondary N) is 2. The van der Waals surface area contributed by atoms with Crippen LogP contribution in [0.2, 0.25) is 10.3 Å². The summed E-state index contributed by atoms with van der Waals surface area (Å²) in [7, 11) is 1.30. The van der Waals surface area contributed by atoms with E-state index in [0.717, 1.165) is 38.9 Å². The highest BCUT2D eigenvalue weighted by molar-refractivity contribution is 6.40. The number of halogens is 2. The lowest BCUT2D eigenvalue weighted by Gasteiger charge is -2.41. The summed E-state index contributed by atoms with van der Waals surface area (Å²) < 4.78 is 19.9. The van der Waals surface area contributed by atoms with Gasteiger partial charge in [0.15, 0.2) is 11.4 Å². The number of aliphatic hydroxyl groups is 1. The van der Waals surface area contributed by atoms with Crippen molar-refractivity contribution in [1.82, 2.24) is 20.2 Å². The van der Waals surface area contributed by atoms with Crippen molar-refractivity contribution in [1.29, 1.82) is 0 Å². The Morgan fingerprint density at radius 1 is 0.885 bits per heavy atom. The molecule has 5 atom stereocenters. The summed E-state index contributed by atoms with van der Waals surface area (Å²) in [5.74, 6) is -0.570. The summed E-state index contributed by atoms with van der Waals surface area (Å²) in [6.45, 7) is 2.73. The Kier molecular flexibility index (Phi) is 12.3. The second-order valence-electron chi connectivity index (χ2n) is 12.7. The first-order valence-corrected chi connectivity index (χ1v) is 17.7. The van der Waals surface area contributed by atoms with Gasteiger partial charge in [0, 0.05) is 24.4 Å². The van der Waals surface area contributed by atoms with Gasteiger partial charge in [-0.05, 0) is 39.4 Å². The molecule has 0 spiro atoms. The summed E-state index contributed by atoms with van der Waals surface area (Å²) in [6.07, 6.45) is 0.671. The third-order valence-electron chi connectivity index (χ3n) is 9.20. The summed E-state index contributed by atoms with van der Waals surface area (Å²) in [6, 6.07) is 31.8. The molecule has 0 aliphatic carbocycles. The lowest BCUT2D eigenvalue weighted by Crippen LogP contribution is -2.47. The fraction of sp³-hybridized carbons (Fsp3) is 0.275. The molecule has 1 aliphatic rings. The van der Waals surface area contributed by atoms with Crippen LogP contribution in [0.25, 0.3) is 11.1 Å². The number of hydrogen-bond acceptors (Lipinski definition) is 7. The largest absolute Gasteiger partial charge is 0.467 e. The SMILES string of the molecule is COC(=O)[C@H](Cc1ccccc1)NC(=O)NCc1cccc(-c2ccc([C@H]3O[C@@H](Cn4cnc(Cl)c4Cl)[C@@H](C)[C@@H](c4ccc(CO)cc4)O3)cc2)c1. The number of esters is 1. The number of methoxy groups -OCH3 is 1. The molecule has 270 valence electrons. The summed E-state index contributed by atoms with van der Waals surface area (Å²) in [4.78, 5) is 29.3. The van der Waals surface area contributed by atoms with Crippen LogP contribution in [0.5, 0.6) is 0 Å². The third-order valence-corrected chi connectivity index (χ3v) is 9.97. The van der Waals surface area contributed by atoms with Crippen LogP contribution in [0, 0.1) is 5.92 Å². The number of urea groups is 1. The monoisotopic (exact) mass is 742 g/mol. The number of carbonyl (C=O) groups is 2. The number of aliphatic hydroxyl groups excluding tert-OH is 1. The molecule has 3 N–H and O–H groups in total. The third kappa shape index (κ3) is 9.01. The van der Waals surface area contributed by atoms with Crippen molar-refractivity contribution in [3.63, 3.8) is 0 Å². The zero-order chi connectivity index (χ0) is 36.6. The zero-order valence-corrected chi connectivity index (χ0v) is 30.3. The van der Waals surface area contributed by atoms with E-state index in [2.05, 4.69) is 22.5 Å². The lowest BCUT2D eigenvalue weighted by molar-refractivity contribution is -0.276. The van der Waals surface area contributed by atoms with Crippen LogP contribution in [0.3, 0.4) is 0 Å². The van der Waals surface area contributed by atoms with Crippen LogP contribution >= 0.6 is 23.2 Å². The van der Waals surface area contributed by atoms with Crippen molar-refractivity contribution < 1.29 is 28.9 Å². The second kappa shape index (κ2) is 17.2. The molecule has 4 aromatic carbocycles. The Balaban J connectivity index is 1.14. The molecule has 10 nitrogen and oxygen atoms in total. The van der Waals surface area contributed by atoms with Crippen molar-refractivity contribution in [2.24, 2.45) is 5.92 Å². The van der Waals surface area contributed by atoms with E-state index < -0.39 is 24.3 Å². The van der Waals surface area contributed by atoms with Crippen LogP contribution in [0.1, 0.15) is 47.1 Å². The minimum atomic E-state index is -0.822. The minimum Gasteiger partial charge on any atom is -0.467 e. The lowest BCUT2D eigenvalue weighted by atomic mass is 9.90. The Hall–Kier alpha value is -4.71. The van der Waals surface area contributed by atoms with Crippen LogP contribution in [0.15, 0.2) is 109 Å². The highest BCUT2D eigenvalue weighted by Crippen LogP contribution is 2.42. The van der Waals surface area contributed by atoms with Crippen LogP contribution < -0.4 is 10.6 Å². The Morgan fingerprint density at radius 2 is 1.60 bits per heavy atom. The van der Waals surface area contributed by atoms with Gasteiger partial charge in [0.05, 0.1) is 38.8 Å². The number of nitrogens with zero attached hydrogens (tertiary/aromatic N) is 2. The Bertz CT molecular complexity index is 1960. The molecule has 0 unspecified atom stereocenters. The van der Waals surface area contributed by atoms with E-state index in [4.69, 9.17) is 37.4 Å². The Labute approximate surface area is 312 Å². The molecular weight excluding hydrogens is 703 g/mol. The smallest absolute Gasteiger partial charge is 0.328 e. The van der Waals surface area contributed by atoms with Gasteiger partial charge < -0.3 is 34.5 Å². The predicted molar refractivity (Wildman–Crippen MR) is 198 cm³/mol. The van der Waals surface area contributed by atoms with Gasteiger partial charge in [-0.3, -0.25) is 0 Å². The first-order chi connectivity index (χ1) is 25.2. The van der Waals surface area contributed by atoms with Crippen LogP contribution in [-0.2, 0) is 45.1 Å². The van der Waals surface area contributed by atoms with E-state index >= 15 is 0 Å². The number of aromatic nitrogens is 2. The maximum atomic E-state index is 12.8. The van der Waals surface area contributed by atoms with Gasteiger partial charge in [0.25, 0.3) is 0 Å². The van der Waals surface area contributed by atoms with Crippen molar-refractivity contribution in [2.75, 3.05) is 7.11 Å². The standard InChI is InChI=1S/C40H40Cl2N4O6/c1-25-34(22-46-24-44-36(41)37(46)42)51-39(52-35(25)30-13-11-27(23-47)12-14-30)31-17-15-29(16-18-31)32-10-6-9-28(19-32)21-43-40(49)45-33(38(48)50-2)20-26-7-4-3-5-8-26/h3-19,24-25,33-35,39,47H,20-23H2,1-2H3,(H2,43,45,49)/t25-,33+,34+,35+,39+/m1/s1. The molecule has 1 aliphatic heterocycles. The molecule has 12 heteroatoms. The zero-order valence-electron chi connectivity index (χ0n) is 28.7. The molecule has 1 aromatic heterocycles. The first-order valence-electron chi connectivity index (χ1n) is 16.9. The molecular formula is C40H40Cl2N4O6. The average Bonchev–Trinajstić information content (AvgIpc) is 3.50. The highest BCUT2D eigenvalue weighted by Gasteiger charge is 2.39. The first kappa shape index (κ1) is 37.1. The molecule has 1 fully saturated rings. The van der Waals surface area contributed by atoms with Crippen LogP contribution in [0.4, 0.5) is 4.79 Å². The van der Waals surface area contributed by atoms with Gasteiger partial charge in [-0.2, -0.15) is 0 Å².